The highest BCUT2D eigenvalue weighted by Gasteiger charge is 2.34. The van der Waals surface area contributed by atoms with Gasteiger partial charge in [0.05, 0.1) is 42.1 Å². The number of Topliss-reactive ketones (excluding diaryl/α,β-unsaturated/α-hetero) is 1. The predicted molar refractivity (Wildman–Crippen MR) is 117 cm³/mol. The number of nitrogens with one attached hydrogen (secondary N) is 1. The zero-order valence-corrected chi connectivity index (χ0v) is 18.3. The number of cyclic esters (lactones) is 1. The van der Waals surface area contributed by atoms with E-state index >= 15 is 0 Å². The van der Waals surface area contributed by atoms with E-state index in [-0.39, 0.29) is 36.9 Å². The van der Waals surface area contributed by atoms with Gasteiger partial charge < -0.3 is 19.4 Å². The molecule has 1 fully saturated rings. The molecule has 5 rings (SSSR count). The second kappa shape index (κ2) is 8.78. The zero-order chi connectivity index (χ0) is 23.8. The average Bonchev–Trinajstić information content (AvgIpc) is 3.20. The first-order valence-electron chi connectivity index (χ1n) is 10.7. The van der Waals surface area contributed by atoms with Crippen LogP contribution in [0.3, 0.4) is 0 Å². The first-order valence-corrected chi connectivity index (χ1v) is 10.7. The molecule has 1 aromatic carbocycles. The van der Waals surface area contributed by atoms with Gasteiger partial charge in [0, 0.05) is 19.2 Å². The second-order valence-corrected chi connectivity index (χ2v) is 8.10. The number of rotatable bonds is 6. The molecule has 34 heavy (non-hydrogen) atoms. The van der Waals surface area contributed by atoms with Crippen LogP contribution in [-0.2, 0) is 29.4 Å². The molecule has 2 aliphatic rings. The Bertz CT molecular complexity index is 1360. The molecule has 0 saturated carbocycles. The lowest BCUT2D eigenvalue weighted by Gasteiger charge is -2.17. The number of anilines is 1. The van der Waals surface area contributed by atoms with Crippen molar-refractivity contribution in [2.24, 2.45) is 7.05 Å². The SMILES string of the molecule is Cn1c(=O)cnc2ccc(F)c(CCNC[C@H]3CN(c4ncc5c(n4)CC(=O)CO5)C(=O)O3)c21. The summed E-state index contributed by atoms with van der Waals surface area (Å²) in [6.07, 6.45) is 2.05. The number of aromatic nitrogens is 4. The summed E-state index contributed by atoms with van der Waals surface area (Å²) in [6, 6.07) is 2.88. The first-order chi connectivity index (χ1) is 16.4. The van der Waals surface area contributed by atoms with Crippen LogP contribution in [0, 0.1) is 5.82 Å². The van der Waals surface area contributed by atoms with E-state index < -0.39 is 18.0 Å². The van der Waals surface area contributed by atoms with Gasteiger partial charge >= 0.3 is 6.09 Å². The van der Waals surface area contributed by atoms with Crippen molar-refractivity contribution in [3.05, 3.63) is 52.0 Å². The Morgan fingerprint density at radius 1 is 1.21 bits per heavy atom. The summed E-state index contributed by atoms with van der Waals surface area (Å²) in [7, 11) is 1.58. The summed E-state index contributed by atoms with van der Waals surface area (Å²) in [6.45, 7) is 0.936. The topological polar surface area (TPSA) is 129 Å². The molecule has 0 spiro atoms. The molecule has 1 N–H and O–H groups in total. The highest BCUT2D eigenvalue weighted by molar-refractivity contribution is 5.88. The number of amides is 1. The van der Waals surface area contributed by atoms with Crippen LogP contribution in [0.15, 0.2) is 29.3 Å². The van der Waals surface area contributed by atoms with Crippen molar-refractivity contribution in [2.45, 2.75) is 18.9 Å². The Morgan fingerprint density at radius 3 is 2.91 bits per heavy atom. The van der Waals surface area contributed by atoms with E-state index in [9.17, 15) is 18.8 Å². The Morgan fingerprint density at radius 2 is 2.06 bits per heavy atom. The molecule has 11 nitrogen and oxygen atoms in total. The third-order valence-electron chi connectivity index (χ3n) is 5.79. The van der Waals surface area contributed by atoms with Gasteiger partial charge in [-0.1, -0.05) is 0 Å². The Kier molecular flexibility index (Phi) is 5.65. The first kappa shape index (κ1) is 21.9. The quantitative estimate of drug-likeness (QED) is 0.515. The summed E-state index contributed by atoms with van der Waals surface area (Å²) in [4.78, 5) is 49.7. The predicted octanol–water partition coefficient (Wildman–Crippen LogP) is 0.524. The number of ketones is 1. The number of ether oxygens (including phenoxy) is 2. The monoisotopic (exact) mass is 468 g/mol. The number of hydrogen-bond acceptors (Lipinski definition) is 9. The molecular formula is C22H21FN6O5. The molecule has 2 aliphatic heterocycles. The lowest BCUT2D eigenvalue weighted by Crippen LogP contribution is -2.33. The van der Waals surface area contributed by atoms with E-state index in [4.69, 9.17) is 9.47 Å². The lowest BCUT2D eigenvalue weighted by molar-refractivity contribution is -0.121. The molecule has 1 saturated heterocycles. The van der Waals surface area contributed by atoms with Crippen molar-refractivity contribution in [2.75, 3.05) is 31.1 Å². The summed E-state index contributed by atoms with van der Waals surface area (Å²) < 4.78 is 26.6. The van der Waals surface area contributed by atoms with Gasteiger partial charge in [0.15, 0.2) is 11.5 Å². The Balaban J connectivity index is 1.21. The number of fused-ring (bicyclic) bond motifs is 2. The van der Waals surface area contributed by atoms with Crippen molar-refractivity contribution >= 4 is 28.9 Å². The molecule has 0 bridgehead atoms. The summed E-state index contributed by atoms with van der Waals surface area (Å²) >= 11 is 0. The van der Waals surface area contributed by atoms with Crippen molar-refractivity contribution in [1.82, 2.24) is 24.8 Å². The minimum Gasteiger partial charge on any atom is -0.482 e. The van der Waals surface area contributed by atoms with Crippen LogP contribution in [0.5, 0.6) is 5.75 Å². The van der Waals surface area contributed by atoms with Crippen LogP contribution in [0.4, 0.5) is 15.1 Å². The molecule has 4 heterocycles. The number of carbonyl (C=O) groups is 2. The van der Waals surface area contributed by atoms with Gasteiger partial charge in [-0.2, -0.15) is 0 Å². The normalized spacial score (nSPS) is 17.6. The lowest BCUT2D eigenvalue weighted by atomic mass is 10.1. The number of carbonyl (C=O) groups excluding carboxylic acids is 2. The van der Waals surface area contributed by atoms with Gasteiger partial charge in [0.25, 0.3) is 5.56 Å². The van der Waals surface area contributed by atoms with Crippen LogP contribution in [0.1, 0.15) is 11.3 Å². The second-order valence-electron chi connectivity index (χ2n) is 8.10. The maximum atomic E-state index is 14.5. The fourth-order valence-corrected chi connectivity index (χ4v) is 4.07. The summed E-state index contributed by atoms with van der Waals surface area (Å²) in [5, 5.41) is 3.17. The van der Waals surface area contributed by atoms with Crippen LogP contribution in [-0.4, -0.2) is 63.7 Å². The molecule has 12 heteroatoms. The molecule has 176 valence electrons. The summed E-state index contributed by atoms with van der Waals surface area (Å²) in [5.41, 5.74) is 1.51. The van der Waals surface area contributed by atoms with Crippen LogP contribution in [0.25, 0.3) is 11.0 Å². The molecular weight excluding hydrogens is 447 g/mol. The number of aryl methyl sites for hydroxylation is 1. The van der Waals surface area contributed by atoms with Gasteiger partial charge in [-0.05, 0) is 25.1 Å². The van der Waals surface area contributed by atoms with Gasteiger partial charge in [0.2, 0.25) is 5.95 Å². The standard InChI is InChI=1S/C22H21FN6O5/c1-28-19(31)9-25-16-3-2-15(23)14(20(16)28)4-5-24-7-13-10-29(22(32)34-13)21-26-8-18-17(27-21)6-12(30)11-33-18/h2-3,8-9,13,24H,4-7,10-11H2,1H3/t13-/m0/s1. The van der Waals surface area contributed by atoms with Gasteiger partial charge in [0.1, 0.15) is 18.5 Å². The van der Waals surface area contributed by atoms with Gasteiger partial charge in [-0.3, -0.25) is 9.59 Å². The zero-order valence-electron chi connectivity index (χ0n) is 18.3. The highest BCUT2D eigenvalue weighted by atomic mass is 19.1. The third-order valence-corrected chi connectivity index (χ3v) is 5.79. The smallest absolute Gasteiger partial charge is 0.417 e. The summed E-state index contributed by atoms with van der Waals surface area (Å²) in [5.74, 6) is 0.0720. The number of hydrogen-bond donors (Lipinski definition) is 1. The fourth-order valence-electron chi connectivity index (χ4n) is 4.07. The molecule has 1 atom stereocenters. The van der Waals surface area contributed by atoms with Crippen molar-refractivity contribution in [3.8, 4) is 5.75 Å². The largest absolute Gasteiger partial charge is 0.482 e. The van der Waals surface area contributed by atoms with E-state index in [1.807, 2.05) is 0 Å². The van der Waals surface area contributed by atoms with Crippen molar-refractivity contribution in [3.63, 3.8) is 0 Å². The fraction of sp³-hybridized carbons (Fsp3) is 0.364. The van der Waals surface area contributed by atoms with Crippen LogP contribution in [0.2, 0.25) is 0 Å². The molecule has 0 unspecified atom stereocenters. The molecule has 1 amide bonds. The maximum Gasteiger partial charge on any atom is 0.417 e. The van der Waals surface area contributed by atoms with Crippen molar-refractivity contribution < 1.29 is 23.5 Å². The molecule has 3 aromatic rings. The highest BCUT2D eigenvalue weighted by Crippen LogP contribution is 2.25. The number of nitrogens with zero attached hydrogens (tertiary/aromatic N) is 5. The molecule has 2 aromatic heterocycles. The molecule has 0 aliphatic carbocycles. The van der Waals surface area contributed by atoms with E-state index in [1.54, 1.807) is 13.1 Å². The van der Waals surface area contributed by atoms with E-state index in [0.717, 1.165) is 0 Å². The maximum absolute atomic E-state index is 14.5. The van der Waals surface area contributed by atoms with Crippen LogP contribution < -0.4 is 20.5 Å². The van der Waals surface area contributed by atoms with Gasteiger partial charge in [-0.25, -0.2) is 29.0 Å². The van der Waals surface area contributed by atoms with Gasteiger partial charge in [-0.15, -0.1) is 0 Å². The van der Waals surface area contributed by atoms with Crippen molar-refractivity contribution in [1.29, 1.82) is 0 Å². The minimum absolute atomic E-state index is 0.00923. The van der Waals surface area contributed by atoms with E-state index in [1.165, 1.54) is 27.9 Å². The minimum atomic E-state index is -0.587. The third kappa shape index (κ3) is 4.07. The number of halogens is 1. The Hall–Kier alpha value is -3.93. The Labute approximate surface area is 192 Å². The average molecular weight is 468 g/mol. The van der Waals surface area contributed by atoms with E-state index in [0.29, 0.717) is 47.6 Å². The molecule has 0 radical (unpaired) electrons. The number of benzene rings is 1. The van der Waals surface area contributed by atoms with Crippen LogP contribution >= 0.6 is 0 Å². The van der Waals surface area contributed by atoms with E-state index in [2.05, 4.69) is 20.3 Å².